The monoisotopic (exact) mass is 520 g/mol. The zero-order valence-corrected chi connectivity index (χ0v) is 20.7. The molecule has 0 aliphatic carbocycles. The van der Waals surface area contributed by atoms with Crippen LogP contribution in [0.1, 0.15) is 16.7 Å². The number of benzene rings is 2. The van der Waals surface area contributed by atoms with Crippen LogP contribution in [0.15, 0.2) is 41.3 Å². The Morgan fingerprint density at radius 1 is 1.12 bits per heavy atom. The number of rotatable bonds is 6. The van der Waals surface area contributed by atoms with Gasteiger partial charge >= 0.3 is 0 Å². The van der Waals surface area contributed by atoms with Gasteiger partial charge in [-0.25, -0.2) is 0 Å². The van der Waals surface area contributed by atoms with Crippen molar-refractivity contribution in [3.05, 3.63) is 68.0 Å². The molecule has 0 radical (unpaired) electrons. The molecule has 0 saturated carbocycles. The standard InChI is InChI=1S/C24H22Cl2N2O5S/c1-15-2-4-16(5-3-15)14-33-22-18(25)10-17(11-19(22)26)12-20-23(30)28(24(31)34-20)13-21(29)27-6-8-32-9-7-27/h2-5,10-12H,6-9,13-14H2,1H3/b20-12+. The van der Waals surface area contributed by atoms with Crippen molar-refractivity contribution >= 4 is 58.1 Å². The molecule has 0 unspecified atom stereocenters. The zero-order chi connectivity index (χ0) is 24.2. The van der Waals surface area contributed by atoms with E-state index in [0.717, 1.165) is 27.8 Å². The van der Waals surface area contributed by atoms with Crippen molar-refractivity contribution < 1.29 is 23.9 Å². The Kier molecular flexibility index (Phi) is 7.83. The van der Waals surface area contributed by atoms with Crippen LogP contribution in [-0.4, -0.2) is 59.7 Å². The molecule has 178 valence electrons. The summed E-state index contributed by atoms with van der Waals surface area (Å²) >= 11 is 13.6. The first-order valence-corrected chi connectivity index (χ1v) is 12.2. The van der Waals surface area contributed by atoms with Gasteiger partial charge < -0.3 is 14.4 Å². The zero-order valence-electron chi connectivity index (χ0n) is 18.4. The van der Waals surface area contributed by atoms with E-state index in [4.69, 9.17) is 32.7 Å². The molecular formula is C24H22Cl2N2O5S. The van der Waals surface area contributed by atoms with Crippen LogP contribution in [0.4, 0.5) is 4.79 Å². The molecule has 2 fully saturated rings. The van der Waals surface area contributed by atoms with Crippen molar-refractivity contribution in [2.24, 2.45) is 0 Å². The van der Waals surface area contributed by atoms with E-state index in [9.17, 15) is 14.4 Å². The molecule has 2 aromatic carbocycles. The molecule has 3 amide bonds. The summed E-state index contributed by atoms with van der Waals surface area (Å²) < 4.78 is 11.0. The second-order valence-corrected chi connectivity index (χ2v) is 9.66. The van der Waals surface area contributed by atoms with Crippen LogP contribution in [0.25, 0.3) is 6.08 Å². The Morgan fingerprint density at radius 3 is 2.41 bits per heavy atom. The fourth-order valence-electron chi connectivity index (χ4n) is 3.48. The summed E-state index contributed by atoms with van der Waals surface area (Å²) in [6, 6.07) is 11.1. The summed E-state index contributed by atoms with van der Waals surface area (Å²) in [5.41, 5.74) is 2.67. The molecule has 2 heterocycles. The molecule has 0 N–H and O–H groups in total. The van der Waals surface area contributed by atoms with E-state index >= 15 is 0 Å². The number of carbonyl (C=O) groups is 3. The largest absolute Gasteiger partial charge is 0.486 e. The predicted molar refractivity (Wildman–Crippen MR) is 132 cm³/mol. The van der Waals surface area contributed by atoms with Crippen molar-refractivity contribution in [1.82, 2.24) is 9.80 Å². The summed E-state index contributed by atoms with van der Waals surface area (Å²) in [6.45, 7) is 3.79. The normalized spacial score (nSPS) is 17.6. The van der Waals surface area contributed by atoms with Crippen LogP contribution in [0.5, 0.6) is 5.75 Å². The Labute approximate surface area is 211 Å². The van der Waals surface area contributed by atoms with E-state index < -0.39 is 11.1 Å². The summed E-state index contributed by atoms with van der Waals surface area (Å²) in [7, 11) is 0. The number of aryl methyl sites for hydroxylation is 1. The van der Waals surface area contributed by atoms with Gasteiger partial charge in [0.25, 0.3) is 11.1 Å². The number of carbonyl (C=O) groups excluding carboxylic acids is 3. The van der Waals surface area contributed by atoms with Gasteiger partial charge in [0.2, 0.25) is 5.91 Å². The number of thioether (sulfide) groups is 1. The maximum Gasteiger partial charge on any atom is 0.294 e. The third-order valence-electron chi connectivity index (χ3n) is 5.35. The smallest absolute Gasteiger partial charge is 0.294 e. The summed E-state index contributed by atoms with van der Waals surface area (Å²) in [5.74, 6) is -0.471. The van der Waals surface area contributed by atoms with Gasteiger partial charge in [0.15, 0.2) is 5.75 Å². The molecule has 7 nitrogen and oxygen atoms in total. The van der Waals surface area contributed by atoms with Crippen LogP contribution < -0.4 is 4.74 Å². The molecule has 2 aliphatic heterocycles. The summed E-state index contributed by atoms with van der Waals surface area (Å²) in [5, 5.41) is 0.0771. The van der Waals surface area contributed by atoms with E-state index in [1.807, 2.05) is 31.2 Å². The molecule has 34 heavy (non-hydrogen) atoms. The van der Waals surface area contributed by atoms with Gasteiger partial charge in [-0.1, -0.05) is 53.0 Å². The average molecular weight is 521 g/mol. The lowest BCUT2D eigenvalue weighted by Crippen LogP contribution is -2.46. The topological polar surface area (TPSA) is 76.2 Å². The fourth-order valence-corrected chi connectivity index (χ4v) is 4.93. The highest BCUT2D eigenvalue weighted by Gasteiger charge is 2.37. The number of hydrogen-bond acceptors (Lipinski definition) is 6. The van der Waals surface area contributed by atoms with Gasteiger partial charge in [0, 0.05) is 13.1 Å². The minimum atomic E-state index is -0.524. The molecule has 10 heteroatoms. The first-order chi connectivity index (χ1) is 16.3. The SMILES string of the molecule is Cc1ccc(COc2c(Cl)cc(/C=C3/SC(=O)N(CC(=O)N4CCOCC4)C3=O)cc2Cl)cc1. The molecule has 2 aliphatic rings. The lowest BCUT2D eigenvalue weighted by atomic mass is 10.1. The lowest BCUT2D eigenvalue weighted by molar-refractivity contribution is -0.139. The molecule has 2 aromatic rings. The van der Waals surface area contributed by atoms with E-state index in [1.54, 1.807) is 17.0 Å². The summed E-state index contributed by atoms with van der Waals surface area (Å²) in [4.78, 5) is 40.4. The highest BCUT2D eigenvalue weighted by atomic mass is 35.5. The minimum absolute atomic E-state index is 0.195. The van der Waals surface area contributed by atoms with Gasteiger partial charge in [-0.15, -0.1) is 0 Å². The van der Waals surface area contributed by atoms with Gasteiger partial charge in [-0.2, -0.15) is 0 Å². The van der Waals surface area contributed by atoms with Crippen LogP contribution in [-0.2, 0) is 20.9 Å². The molecule has 0 bridgehead atoms. The third kappa shape index (κ3) is 5.75. The number of halogens is 2. The molecular weight excluding hydrogens is 499 g/mol. The number of morpholine rings is 1. The second-order valence-electron chi connectivity index (χ2n) is 7.85. The van der Waals surface area contributed by atoms with Crippen LogP contribution in [0, 0.1) is 6.92 Å². The van der Waals surface area contributed by atoms with E-state index in [2.05, 4.69) is 0 Å². The third-order valence-corrected chi connectivity index (χ3v) is 6.82. The molecule has 4 rings (SSSR count). The second kappa shape index (κ2) is 10.8. The van der Waals surface area contributed by atoms with Crippen molar-refractivity contribution in [3.8, 4) is 5.75 Å². The number of hydrogen-bond donors (Lipinski definition) is 0. The first kappa shape index (κ1) is 24.6. The minimum Gasteiger partial charge on any atom is -0.486 e. The van der Waals surface area contributed by atoms with Crippen LogP contribution >= 0.6 is 35.0 Å². The number of nitrogens with zero attached hydrogens (tertiary/aromatic N) is 2. The maximum absolute atomic E-state index is 12.8. The lowest BCUT2D eigenvalue weighted by Gasteiger charge is -2.28. The van der Waals surface area contributed by atoms with Gasteiger partial charge in [-0.3, -0.25) is 19.3 Å². The molecule has 2 saturated heterocycles. The molecule has 0 aromatic heterocycles. The number of amides is 3. The van der Waals surface area contributed by atoms with Crippen molar-refractivity contribution in [2.45, 2.75) is 13.5 Å². The average Bonchev–Trinajstić information content (AvgIpc) is 3.07. The van der Waals surface area contributed by atoms with Crippen molar-refractivity contribution in [3.63, 3.8) is 0 Å². The van der Waals surface area contributed by atoms with E-state index in [0.29, 0.717) is 44.2 Å². The Bertz CT molecular complexity index is 1120. The van der Waals surface area contributed by atoms with Crippen LogP contribution in [0.3, 0.4) is 0 Å². The molecule has 0 atom stereocenters. The Hall–Kier alpha value is -2.52. The van der Waals surface area contributed by atoms with E-state index in [-0.39, 0.29) is 27.4 Å². The summed E-state index contributed by atoms with van der Waals surface area (Å²) in [6.07, 6.45) is 1.53. The number of imide groups is 1. The first-order valence-electron chi connectivity index (χ1n) is 10.6. The fraction of sp³-hybridized carbons (Fsp3) is 0.292. The Morgan fingerprint density at radius 2 is 1.76 bits per heavy atom. The highest BCUT2D eigenvalue weighted by Crippen LogP contribution is 2.37. The highest BCUT2D eigenvalue weighted by molar-refractivity contribution is 8.18. The maximum atomic E-state index is 12.8. The van der Waals surface area contributed by atoms with Crippen LogP contribution in [0.2, 0.25) is 10.0 Å². The predicted octanol–water partition coefficient (Wildman–Crippen LogP) is 4.78. The van der Waals surface area contributed by atoms with Gasteiger partial charge in [0.1, 0.15) is 13.2 Å². The van der Waals surface area contributed by atoms with Crippen molar-refractivity contribution in [1.29, 1.82) is 0 Å². The Balaban J connectivity index is 1.44. The van der Waals surface area contributed by atoms with Crippen molar-refractivity contribution in [2.75, 3.05) is 32.8 Å². The van der Waals surface area contributed by atoms with Gasteiger partial charge in [0.05, 0.1) is 28.2 Å². The quantitative estimate of drug-likeness (QED) is 0.510. The number of ether oxygens (including phenoxy) is 2. The molecule has 0 spiro atoms. The van der Waals surface area contributed by atoms with E-state index in [1.165, 1.54) is 6.08 Å². The van der Waals surface area contributed by atoms with Gasteiger partial charge in [-0.05, 0) is 48.0 Å².